The van der Waals surface area contributed by atoms with E-state index in [1.807, 2.05) is 0 Å². The Bertz CT molecular complexity index is 198. The highest BCUT2D eigenvalue weighted by molar-refractivity contribution is 7.91. The Morgan fingerprint density at radius 2 is 2.10 bits per heavy atom. The molecule has 0 spiro atoms. The van der Waals surface area contributed by atoms with Gasteiger partial charge < -0.3 is 5.73 Å². The zero-order valence-corrected chi connectivity index (χ0v) is 7.03. The third-order valence-electron chi connectivity index (χ3n) is 0.868. The van der Waals surface area contributed by atoms with Crippen LogP contribution in [0.5, 0.6) is 0 Å². The highest BCUT2D eigenvalue weighted by Crippen LogP contribution is 1.90. The number of sulfone groups is 1. The molecule has 0 rings (SSSR count). The first-order valence-corrected chi connectivity index (χ1v) is 5.04. The largest absolute Gasteiger partial charge is 0.329 e. The minimum atomic E-state index is -2.99. The van der Waals surface area contributed by atoms with Crippen molar-refractivity contribution in [1.29, 1.82) is 0 Å². The Labute approximate surface area is 65.8 Å². The van der Waals surface area contributed by atoms with Gasteiger partial charge in [0.1, 0.15) is 0 Å². The van der Waals surface area contributed by atoms with Crippen molar-refractivity contribution in [1.82, 2.24) is 0 Å². The molecule has 0 aromatic carbocycles. The third kappa shape index (κ3) is 4.78. The van der Waals surface area contributed by atoms with Crippen LogP contribution in [0.4, 0.5) is 0 Å². The van der Waals surface area contributed by atoms with E-state index in [1.165, 1.54) is 11.6 Å². The molecule has 0 aliphatic carbocycles. The van der Waals surface area contributed by atoms with E-state index >= 15 is 0 Å². The summed E-state index contributed by atoms with van der Waals surface area (Å²) in [5, 5.41) is 0. The first-order chi connectivity index (χ1) is 4.62. The number of halogens is 1. The van der Waals surface area contributed by atoms with Crippen LogP contribution in [0.1, 0.15) is 0 Å². The smallest absolute Gasteiger partial charge is 0.155 e. The van der Waals surface area contributed by atoms with Gasteiger partial charge in [-0.15, -0.1) is 0 Å². The quantitative estimate of drug-likeness (QED) is 0.673. The number of nitrogens with two attached hydrogens (primary N) is 1. The third-order valence-corrected chi connectivity index (χ3v) is 2.60. The lowest BCUT2D eigenvalue weighted by Crippen LogP contribution is -2.17. The van der Waals surface area contributed by atoms with Gasteiger partial charge in [-0.2, -0.15) is 0 Å². The monoisotopic (exact) mass is 183 g/mol. The fourth-order valence-electron chi connectivity index (χ4n) is 0.446. The molecule has 0 radical (unpaired) electrons. The maximum atomic E-state index is 10.8. The Morgan fingerprint density at radius 3 is 2.50 bits per heavy atom. The Kier molecular flexibility index (Phi) is 4.68. The van der Waals surface area contributed by atoms with E-state index in [0.29, 0.717) is 0 Å². The summed E-state index contributed by atoms with van der Waals surface area (Å²) in [6.07, 6.45) is 1.38. The number of hydrogen-bond acceptors (Lipinski definition) is 3. The molecule has 3 nitrogen and oxygen atoms in total. The molecular weight excluding hydrogens is 174 g/mol. The topological polar surface area (TPSA) is 60.2 Å². The van der Waals surface area contributed by atoms with Crippen molar-refractivity contribution in [3.8, 4) is 0 Å². The molecule has 60 valence electrons. The predicted molar refractivity (Wildman–Crippen MR) is 42.7 cm³/mol. The van der Waals surface area contributed by atoms with Crippen LogP contribution in [0.3, 0.4) is 0 Å². The van der Waals surface area contributed by atoms with Gasteiger partial charge in [0.2, 0.25) is 0 Å². The van der Waals surface area contributed by atoms with Crippen LogP contribution >= 0.6 is 11.6 Å². The van der Waals surface area contributed by atoms with E-state index in [1.54, 1.807) is 0 Å². The summed E-state index contributed by atoms with van der Waals surface area (Å²) < 4.78 is 21.6. The Morgan fingerprint density at radius 1 is 1.50 bits per heavy atom. The zero-order chi connectivity index (χ0) is 8.04. The highest BCUT2D eigenvalue weighted by Gasteiger charge is 2.04. The fourth-order valence-corrected chi connectivity index (χ4v) is 1.56. The molecule has 0 aliphatic heterocycles. The van der Waals surface area contributed by atoms with Crippen molar-refractivity contribution in [3.63, 3.8) is 0 Å². The zero-order valence-electron chi connectivity index (χ0n) is 5.46. The summed E-state index contributed by atoms with van der Waals surface area (Å²) in [4.78, 5) is 0. The van der Waals surface area contributed by atoms with Gasteiger partial charge in [-0.25, -0.2) is 8.42 Å². The van der Waals surface area contributed by atoms with Gasteiger partial charge in [-0.05, 0) is 0 Å². The molecule has 0 atom stereocenters. The summed E-state index contributed by atoms with van der Waals surface area (Å²) in [6, 6.07) is 0. The Hall–Kier alpha value is -0.0600. The minimum absolute atomic E-state index is 0.0201. The van der Waals surface area contributed by atoms with Crippen molar-refractivity contribution in [3.05, 3.63) is 11.6 Å². The van der Waals surface area contributed by atoms with E-state index < -0.39 is 9.84 Å². The second-order valence-corrected chi connectivity index (χ2v) is 4.25. The molecule has 0 amide bonds. The van der Waals surface area contributed by atoms with Crippen molar-refractivity contribution in [2.24, 2.45) is 5.73 Å². The second kappa shape index (κ2) is 4.71. The summed E-state index contributed by atoms with van der Waals surface area (Å²) in [7, 11) is -2.99. The van der Waals surface area contributed by atoms with Crippen LogP contribution in [0.25, 0.3) is 0 Å². The van der Waals surface area contributed by atoms with Crippen LogP contribution in [0, 0.1) is 0 Å². The average Bonchev–Trinajstić information content (AvgIpc) is 1.84. The molecule has 0 fully saturated rings. The van der Waals surface area contributed by atoms with Gasteiger partial charge in [0.15, 0.2) is 9.84 Å². The van der Waals surface area contributed by atoms with E-state index in [2.05, 4.69) is 0 Å². The maximum absolute atomic E-state index is 10.8. The molecular formula is C5H10ClNO2S. The van der Waals surface area contributed by atoms with Crippen LogP contribution in [-0.2, 0) is 9.84 Å². The highest BCUT2D eigenvalue weighted by atomic mass is 35.5. The molecule has 0 aromatic heterocycles. The molecule has 0 saturated carbocycles. The first kappa shape index (κ1) is 9.94. The molecule has 5 heteroatoms. The molecule has 10 heavy (non-hydrogen) atoms. The van der Waals surface area contributed by atoms with E-state index in [0.717, 1.165) is 0 Å². The standard InChI is InChI=1S/C5H10ClNO2S/c6-2-1-4-10(8,9)5-3-7/h1-2H,3-5,7H2/b2-1+. The molecule has 0 aliphatic rings. The van der Waals surface area contributed by atoms with Gasteiger partial charge in [0, 0.05) is 12.1 Å². The van der Waals surface area contributed by atoms with Gasteiger partial charge in [-0.3, -0.25) is 0 Å². The van der Waals surface area contributed by atoms with E-state index in [-0.39, 0.29) is 18.1 Å². The molecule has 0 aromatic rings. The number of rotatable bonds is 4. The SMILES string of the molecule is NCCS(=O)(=O)C/C=C/Cl. The lowest BCUT2D eigenvalue weighted by Gasteiger charge is -1.95. The normalized spacial score (nSPS) is 12.6. The summed E-state index contributed by atoms with van der Waals surface area (Å²) in [6.45, 7) is 0.165. The average molecular weight is 184 g/mol. The first-order valence-electron chi connectivity index (χ1n) is 2.78. The predicted octanol–water partition coefficient (Wildman–Crippen LogP) is 0.112. The van der Waals surface area contributed by atoms with Gasteiger partial charge >= 0.3 is 0 Å². The molecule has 0 heterocycles. The van der Waals surface area contributed by atoms with Crippen molar-refractivity contribution < 1.29 is 8.42 Å². The van der Waals surface area contributed by atoms with Gasteiger partial charge in [0.25, 0.3) is 0 Å². The molecule has 0 unspecified atom stereocenters. The van der Waals surface area contributed by atoms with Gasteiger partial charge in [0.05, 0.1) is 11.5 Å². The summed E-state index contributed by atoms with van der Waals surface area (Å²) >= 11 is 5.13. The fraction of sp³-hybridized carbons (Fsp3) is 0.600. The maximum Gasteiger partial charge on any atom is 0.155 e. The lowest BCUT2D eigenvalue weighted by molar-refractivity contribution is 0.599. The molecule has 0 saturated heterocycles. The lowest BCUT2D eigenvalue weighted by atomic mass is 10.8. The van der Waals surface area contributed by atoms with Gasteiger partial charge in [-0.1, -0.05) is 17.7 Å². The van der Waals surface area contributed by atoms with E-state index in [4.69, 9.17) is 17.3 Å². The summed E-state index contributed by atoms with van der Waals surface area (Å²) in [5.74, 6) is 0.00191. The van der Waals surface area contributed by atoms with E-state index in [9.17, 15) is 8.42 Å². The second-order valence-electron chi connectivity index (χ2n) is 1.76. The van der Waals surface area contributed by atoms with Crippen LogP contribution in [0.2, 0.25) is 0 Å². The Balaban J connectivity index is 3.89. The van der Waals surface area contributed by atoms with Crippen molar-refractivity contribution in [2.45, 2.75) is 0 Å². The van der Waals surface area contributed by atoms with Crippen molar-refractivity contribution >= 4 is 21.4 Å². The molecule has 0 bridgehead atoms. The van der Waals surface area contributed by atoms with Crippen LogP contribution in [-0.4, -0.2) is 26.5 Å². The molecule has 2 N–H and O–H groups in total. The summed E-state index contributed by atoms with van der Waals surface area (Å²) in [5.41, 5.74) is 6.24. The number of hydrogen-bond donors (Lipinski definition) is 1. The van der Waals surface area contributed by atoms with Crippen LogP contribution in [0.15, 0.2) is 11.6 Å². The van der Waals surface area contributed by atoms with Crippen molar-refractivity contribution in [2.75, 3.05) is 18.1 Å². The minimum Gasteiger partial charge on any atom is -0.329 e. The van der Waals surface area contributed by atoms with Crippen LogP contribution < -0.4 is 5.73 Å².